The molecule has 0 spiro atoms. The van der Waals surface area contributed by atoms with Gasteiger partial charge in [-0.2, -0.15) is 0 Å². The van der Waals surface area contributed by atoms with Crippen molar-refractivity contribution in [1.29, 1.82) is 0 Å². The smallest absolute Gasteiger partial charge is 0.230 e. The SMILES string of the molecule is CCn1ccnc1SCC(=O)NCC(C)c1nc2ccccc2s1. The van der Waals surface area contributed by atoms with Crippen molar-refractivity contribution in [3.05, 3.63) is 41.7 Å². The number of rotatable bonds is 7. The third-order valence-electron chi connectivity index (χ3n) is 3.69. The van der Waals surface area contributed by atoms with E-state index >= 15 is 0 Å². The van der Waals surface area contributed by atoms with E-state index in [4.69, 9.17) is 0 Å². The van der Waals surface area contributed by atoms with Crippen LogP contribution in [-0.2, 0) is 11.3 Å². The lowest BCUT2D eigenvalue weighted by Gasteiger charge is -2.10. The zero-order chi connectivity index (χ0) is 16.9. The molecule has 2 aromatic heterocycles. The van der Waals surface area contributed by atoms with Crippen molar-refractivity contribution in [2.24, 2.45) is 0 Å². The molecule has 1 unspecified atom stereocenters. The first-order valence-electron chi connectivity index (χ1n) is 7.93. The average Bonchev–Trinajstić information content (AvgIpc) is 3.23. The number of imidazole rings is 1. The van der Waals surface area contributed by atoms with E-state index in [9.17, 15) is 4.79 Å². The van der Waals surface area contributed by atoms with Crippen LogP contribution in [0.25, 0.3) is 10.2 Å². The first kappa shape index (κ1) is 17.0. The molecular weight excluding hydrogens is 340 g/mol. The number of hydrogen-bond acceptors (Lipinski definition) is 5. The number of para-hydroxylation sites is 1. The molecule has 0 fully saturated rings. The molecular formula is C17H20N4OS2. The number of hydrogen-bond donors (Lipinski definition) is 1. The van der Waals surface area contributed by atoms with E-state index in [1.165, 1.54) is 16.5 Å². The molecule has 3 aromatic rings. The fourth-order valence-corrected chi connectivity index (χ4v) is 4.18. The number of carbonyl (C=O) groups is 1. The minimum absolute atomic E-state index is 0.0265. The molecule has 1 amide bonds. The summed E-state index contributed by atoms with van der Waals surface area (Å²) in [7, 11) is 0. The molecule has 0 saturated carbocycles. The van der Waals surface area contributed by atoms with E-state index in [2.05, 4.69) is 35.2 Å². The van der Waals surface area contributed by atoms with Gasteiger partial charge in [0.1, 0.15) is 0 Å². The van der Waals surface area contributed by atoms with E-state index in [0.717, 1.165) is 22.2 Å². The van der Waals surface area contributed by atoms with Crippen molar-refractivity contribution in [1.82, 2.24) is 19.9 Å². The number of fused-ring (bicyclic) bond motifs is 1. The van der Waals surface area contributed by atoms with Crippen LogP contribution in [0.5, 0.6) is 0 Å². The maximum atomic E-state index is 12.1. The molecule has 1 aromatic carbocycles. The Morgan fingerprint density at radius 3 is 3.04 bits per heavy atom. The maximum Gasteiger partial charge on any atom is 0.230 e. The summed E-state index contributed by atoms with van der Waals surface area (Å²) < 4.78 is 3.22. The highest BCUT2D eigenvalue weighted by atomic mass is 32.2. The Balaban J connectivity index is 1.50. The maximum absolute atomic E-state index is 12.1. The number of thioether (sulfide) groups is 1. The lowest BCUT2D eigenvalue weighted by molar-refractivity contribution is -0.118. The molecule has 0 aliphatic rings. The lowest BCUT2D eigenvalue weighted by Crippen LogP contribution is -2.29. The Labute approximate surface area is 149 Å². The number of benzene rings is 1. The molecule has 2 heterocycles. The molecule has 5 nitrogen and oxygen atoms in total. The van der Waals surface area contributed by atoms with Gasteiger partial charge < -0.3 is 9.88 Å². The van der Waals surface area contributed by atoms with E-state index in [0.29, 0.717) is 12.3 Å². The van der Waals surface area contributed by atoms with Gasteiger partial charge >= 0.3 is 0 Å². The number of amides is 1. The van der Waals surface area contributed by atoms with Crippen LogP contribution in [0.1, 0.15) is 24.8 Å². The Hall–Kier alpha value is -1.86. The minimum atomic E-state index is 0.0265. The highest BCUT2D eigenvalue weighted by molar-refractivity contribution is 7.99. The number of aryl methyl sites for hydroxylation is 1. The Bertz CT molecular complexity index is 794. The zero-order valence-corrected chi connectivity index (χ0v) is 15.4. The number of aromatic nitrogens is 3. The van der Waals surface area contributed by atoms with Crippen LogP contribution in [0.4, 0.5) is 0 Å². The van der Waals surface area contributed by atoms with Crippen LogP contribution in [0.15, 0.2) is 41.8 Å². The number of carbonyl (C=O) groups excluding carboxylic acids is 1. The molecule has 24 heavy (non-hydrogen) atoms. The van der Waals surface area contributed by atoms with Crippen molar-refractivity contribution in [2.45, 2.75) is 31.5 Å². The normalized spacial score (nSPS) is 12.4. The standard InChI is InChI=1S/C17H20N4OS2/c1-3-21-9-8-18-17(21)23-11-15(22)19-10-12(2)16-20-13-6-4-5-7-14(13)24-16/h4-9,12H,3,10-11H2,1-2H3,(H,19,22). The fraction of sp³-hybridized carbons (Fsp3) is 0.353. The molecule has 0 bridgehead atoms. The largest absolute Gasteiger partial charge is 0.355 e. The quantitative estimate of drug-likeness (QED) is 0.655. The number of nitrogens with zero attached hydrogens (tertiary/aromatic N) is 3. The predicted molar refractivity (Wildman–Crippen MR) is 99.7 cm³/mol. The second kappa shape index (κ2) is 7.81. The zero-order valence-electron chi connectivity index (χ0n) is 13.7. The summed E-state index contributed by atoms with van der Waals surface area (Å²) in [6.07, 6.45) is 3.69. The Kier molecular flexibility index (Phi) is 5.52. The van der Waals surface area contributed by atoms with Crippen LogP contribution in [-0.4, -0.2) is 32.7 Å². The third-order valence-corrected chi connectivity index (χ3v) is 5.96. The van der Waals surface area contributed by atoms with Crippen LogP contribution >= 0.6 is 23.1 Å². The second-order valence-corrected chi connectivity index (χ2v) is 7.51. The Morgan fingerprint density at radius 2 is 2.25 bits per heavy atom. The summed E-state index contributed by atoms with van der Waals surface area (Å²) >= 11 is 3.16. The molecule has 0 aliphatic heterocycles. The first-order valence-corrected chi connectivity index (χ1v) is 9.73. The molecule has 0 aliphatic carbocycles. The van der Waals surface area contributed by atoms with E-state index in [1.54, 1.807) is 17.5 Å². The van der Waals surface area contributed by atoms with Gasteiger partial charge in [0.2, 0.25) is 5.91 Å². The van der Waals surface area contributed by atoms with Crippen LogP contribution in [0.2, 0.25) is 0 Å². The van der Waals surface area contributed by atoms with Gasteiger partial charge in [-0.15, -0.1) is 11.3 Å². The predicted octanol–water partition coefficient (Wildman–Crippen LogP) is 3.52. The van der Waals surface area contributed by atoms with Crippen molar-refractivity contribution in [3.63, 3.8) is 0 Å². The number of nitrogens with one attached hydrogen (secondary N) is 1. The molecule has 0 radical (unpaired) electrons. The third kappa shape index (κ3) is 3.96. The fourth-order valence-electron chi connectivity index (χ4n) is 2.31. The van der Waals surface area contributed by atoms with Gasteiger partial charge in [0.15, 0.2) is 5.16 Å². The average molecular weight is 361 g/mol. The molecule has 1 N–H and O–H groups in total. The van der Waals surface area contributed by atoms with E-state index in [-0.39, 0.29) is 11.8 Å². The summed E-state index contributed by atoms with van der Waals surface area (Å²) in [6, 6.07) is 8.12. The molecule has 3 rings (SSSR count). The summed E-state index contributed by atoms with van der Waals surface area (Å²) in [5.41, 5.74) is 1.03. The molecule has 126 valence electrons. The summed E-state index contributed by atoms with van der Waals surface area (Å²) in [5.74, 6) is 0.608. The van der Waals surface area contributed by atoms with Crippen molar-refractivity contribution >= 4 is 39.2 Å². The van der Waals surface area contributed by atoms with Gasteiger partial charge in [0, 0.05) is 31.4 Å². The first-order chi connectivity index (χ1) is 11.7. The van der Waals surface area contributed by atoms with Gasteiger partial charge in [-0.25, -0.2) is 9.97 Å². The summed E-state index contributed by atoms with van der Waals surface area (Å²) in [4.78, 5) is 21.0. The molecule has 0 saturated heterocycles. The van der Waals surface area contributed by atoms with Gasteiger partial charge in [-0.3, -0.25) is 4.79 Å². The summed E-state index contributed by atoms with van der Waals surface area (Å²) in [6.45, 7) is 5.61. The molecule has 1 atom stereocenters. The van der Waals surface area contributed by atoms with Gasteiger partial charge in [0.05, 0.1) is 21.0 Å². The van der Waals surface area contributed by atoms with E-state index < -0.39 is 0 Å². The highest BCUT2D eigenvalue weighted by Gasteiger charge is 2.13. The summed E-state index contributed by atoms with van der Waals surface area (Å²) in [5, 5.41) is 4.94. The van der Waals surface area contributed by atoms with E-state index in [1.807, 2.05) is 29.0 Å². The minimum Gasteiger partial charge on any atom is -0.355 e. The lowest BCUT2D eigenvalue weighted by atomic mass is 10.2. The van der Waals surface area contributed by atoms with Crippen molar-refractivity contribution < 1.29 is 4.79 Å². The second-order valence-electron chi connectivity index (χ2n) is 5.51. The monoisotopic (exact) mass is 360 g/mol. The number of thiazole rings is 1. The van der Waals surface area contributed by atoms with Crippen molar-refractivity contribution in [3.8, 4) is 0 Å². The van der Waals surface area contributed by atoms with Crippen LogP contribution in [0, 0.1) is 0 Å². The topological polar surface area (TPSA) is 59.8 Å². The van der Waals surface area contributed by atoms with Crippen LogP contribution < -0.4 is 5.32 Å². The van der Waals surface area contributed by atoms with Crippen LogP contribution in [0.3, 0.4) is 0 Å². The Morgan fingerprint density at radius 1 is 1.42 bits per heavy atom. The molecule has 7 heteroatoms. The highest BCUT2D eigenvalue weighted by Crippen LogP contribution is 2.26. The van der Waals surface area contributed by atoms with Gasteiger partial charge in [-0.05, 0) is 19.1 Å². The van der Waals surface area contributed by atoms with Gasteiger partial charge in [-0.1, -0.05) is 30.8 Å². The van der Waals surface area contributed by atoms with Gasteiger partial charge in [0.25, 0.3) is 0 Å². The van der Waals surface area contributed by atoms with Crippen molar-refractivity contribution in [2.75, 3.05) is 12.3 Å².